The third kappa shape index (κ3) is 2.24. The van der Waals surface area contributed by atoms with E-state index in [1.807, 2.05) is 18.2 Å². The van der Waals surface area contributed by atoms with Gasteiger partial charge in [-0.2, -0.15) is 0 Å². The Morgan fingerprint density at radius 3 is 2.48 bits per heavy atom. The average Bonchev–Trinajstić information content (AvgIpc) is 2.93. The van der Waals surface area contributed by atoms with Crippen LogP contribution < -0.4 is 0 Å². The molecular formula is C18H13BrN2. The lowest BCUT2D eigenvalue weighted by Crippen LogP contribution is -1.92. The first-order valence-electron chi connectivity index (χ1n) is 6.91. The molecule has 1 heterocycles. The van der Waals surface area contributed by atoms with Crippen molar-refractivity contribution in [1.29, 1.82) is 0 Å². The summed E-state index contributed by atoms with van der Waals surface area (Å²) in [6.45, 7) is 0. The smallest absolute Gasteiger partial charge is 0.111 e. The Hall–Kier alpha value is -2.13. The van der Waals surface area contributed by atoms with Crippen LogP contribution in [0, 0.1) is 0 Å². The third-order valence-electron chi connectivity index (χ3n) is 3.76. The van der Waals surface area contributed by atoms with Crippen molar-refractivity contribution >= 4 is 37.7 Å². The quantitative estimate of drug-likeness (QED) is 0.544. The minimum Gasteiger partial charge on any atom is -0.342 e. The number of nitrogens with one attached hydrogen (secondary N) is 1. The van der Waals surface area contributed by atoms with Gasteiger partial charge in [0, 0.05) is 10.9 Å². The molecule has 3 aromatic carbocycles. The molecule has 0 atom stereocenters. The lowest BCUT2D eigenvalue weighted by molar-refractivity contribution is 1.05. The van der Waals surface area contributed by atoms with Gasteiger partial charge < -0.3 is 4.98 Å². The Bertz CT molecular complexity index is 907. The summed E-state index contributed by atoms with van der Waals surface area (Å²) in [6, 6.07) is 20.9. The molecule has 2 nitrogen and oxygen atoms in total. The lowest BCUT2D eigenvalue weighted by atomic mass is 10.0. The average molecular weight is 337 g/mol. The van der Waals surface area contributed by atoms with E-state index in [0.717, 1.165) is 27.8 Å². The van der Waals surface area contributed by atoms with Gasteiger partial charge in [0.05, 0.1) is 11.0 Å². The van der Waals surface area contributed by atoms with Gasteiger partial charge in [-0.05, 0) is 34.5 Å². The molecule has 1 aromatic heterocycles. The fraction of sp³-hybridized carbons (Fsp3) is 0.0556. The van der Waals surface area contributed by atoms with Gasteiger partial charge in [0.1, 0.15) is 5.82 Å². The zero-order valence-corrected chi connectivity index (χ0v) is 12.9. The molecule has 4 aromatic rings. The molecular weight excluding hydrogens is 324 g/mol. The third-order valence-corrected chi connectivity index (χ3v) is 4.45. The van der Waals surface area contributed by atoms with Crippen molar-refractivity contribution in [2.24, 2.45) is 0 Å². The highest BCUT2D eigenvalue weighted by molar-refractivity contribution is 9.10. The van der Waals surface area contributed by atoms with Crippen LogP contribution in [-0.4, -0.2) is 9.97 Å². The van der Waals surface area contributed by atoms with E-state index in [9.17, 15) is 0 Å². The zero-order chi connectivity index (χ0) is 14.2. The Morgan fingerprint density at radius 2 is 1.62 bits per heavy atom. The minimum absolute atomic E-state index is 0.808. The molecule has 0 bridgehead atoms. The SMILES string of the molecule is Brc1ccc(Cc2nc3ccccc3[nH]2)c2ccccc12. The number of hydrogen-bond acceptors (Lipinski definition) is 1. The monoisotopic (exact) mass is 336 g/mol. The molecule has 0 saturated heterocycles. The number of para-hydroxylation sites is 2. The molecule has 21 heavy (non-hydrogen) atoms. The van der Waals surface area contributed by atoms with Crippen molar-refractivity contribution in [2.75, 3.05) is 0 Å². The maximum atomic E-state index is 4.67. The van der Waals surface area contributed by atoms with Crippen molar-refractivity contribution in [3.63, 3.8) is 0 Å². The topological polar surface area (TPSA) is 28.7 Å². The number of imidazole rings is 1. The normalized spacial score (nSPS) is 11.3. The second kappa shape index (κ2) is 5.01. The van der Waals surface area contributed by atoms with E-state index in [1.165, 1.54) is 16.3 Å². The van der Waals surface area contributed by atoms with Gasteiger partial charge in [-0.1, -0.05) is 58.4 Å². The summed E-state index contributed by atoms with van der Waals surface area (Å²) in [4.78, 5) is 8.07. The highest BCUT2D eigenvalue weighted by atomic mass is 79.9. The van der Waals surface area contributed by atoms with E-state index >= 15 is 0 Å². The molecule has 1 N–H and O–H groups in total. The number of rotatable bonds is 2. The maximum Gasteiger partial charge on any atom is 0.111 e. The van der Waals surface area contributed by atoms with Crippen molar-refractivity contribution in [1.82, 2.24) is 9.97 Å². The molecule has 0 unspecified atom stereocenters. The van der Waals surface area contributed by atoms with Crippen LogP contribution in [0.15, 0.2) is 65.1 Å². The van der Waals surface area contributed by atoms with E-state index in [1.54, 1.807) is 0 Å². The predicted octanol–water partition coefficient (Wildman–Crippen LogP) is 5.07. The number of aromatic nitrogens is 2. The standard InChI is InChI=1S/C18H13BrN2/c19-15-10-9-12(13-5-1-2-6-14(13)15)11-18-20-16-7-3-4-8-17(16)21-18/h1-10H,11H2,(H,20,21). The van der Waals surface area contributed by atoms with Crippen molar-refractivity contribution in [3.8, 4) is 0 Å². The lowest BCUT2D eigenvalue weighted by Gasteiger charge is -2.06. The van der Waals surface area contributed by atoms with E-state index in [4.69, 9.17) is 0 Å². The van der Waals surface area contributed by atoms with Gasteiger partial charge in [0.2, 0.25) is 0 Å². The molecule has 4 rings (SSSR count). The summed E-state index contributed by atoms with van der Waals surface area (Å²) in [7, 11) is 0. The van der Waals surface area contributed by atoms with Crippen LogP contribution in [0.4, 0.5) is 0 Å². The van der Waals surface area contributed by atoms with E-state index in [0.29, 0.717) is 0 Å². The van der Waals surface area contributed by atoms with Crippen LogP contribution in [0.3, 0.4) is 0 Å². The Labute approximate surface area is 131 Å². The molecule has 0 spiro atoms. The molecule has 0 fully saturated rings. The molecule has 0 saturated carbocycles. The highest BCUT2D eigenvalue weighted by Gasteiger charge is 2.07. The van der Waals surface area contributed by atoms with E-state index in [2.05, 4.69) is 68.4 Å². The second-order valence-electron chi connectivity index (χ2n) is 5.13. The molecule has 0 radical (unpaired) electrons. The largest absolute Gasteiger partial charge is 0.342 e. The molecule has 0 aliphatic heterocycles. The van der Waals surface area contributed by atoms with E-state index in [-0.39, 0.29) is 0 Å². The van der Waals surface area contributed by atoms with Gasteiger partial charge in [0.25, 0.3) is 0 Å². The summed E-state index contributed by atoms with van der Waals surface area (Å²) >= 11 is 3.62. The molecule has 3 heteroatoms. The van der Waals surface area contributed by atoms with Gasteiger partial charge in [-0.3, -0.25) is 0 Å². The van der Waals surface area contributed by atoms with Crippen LogP contribution >= 0.6 is 15.9 Å². The molecule has 0 aliphatic carbocycles. The van der Waals surface area contributed by atoms with Crippen molar-refractivity contribution < 1.29 is 0 Å². The first kappa shape index (κ1) is 12.6. The zero-order valence-electron chi connectivity index (χ0n) is 11.3. The molecule has 0 amide bonds. The summed E-state index contributed by atoms with van der Waals surface area (Å²) in [5, 5.41) is 2.51. The number of fused-ring (bicyclic) bond motifs is 2. The summed E-state index contributed by atoms with van der Waals surface area (Å²) in [5.41, 5.74) is 3.40. The van der Waals surface area contributed by atoms with Crippen LogP contribution in [-0.2, 0) is 6.42 Å². The summed E-state index contributed by atoms with van der Waals surface area (Å²) in [6.07, 6.45) is 0.808. The van der Waals surface area contributed by atoms with Gasteiger partial charge >= 0.3 is 0 Å². The van der Waals surface area contributed by atoms with Crippen LogP contribution in [0.5, 0.6) is 0 Å². The van der Waals surface area contributed by atoms with Gasteiger partial charge in [-0.25, -0.2) is 4.98 Å². The fourth-order valence-corrected chi connectivity index (χ4v) is 3.23. The van der Waals surface area contributed by atoms with Gasteiger partial charge in [-0.15, -0.1) is 0 Å². The Kier molecular flexibility index (Phi) is 3.00. The predicted molar refractivity (Wildman–Crippen MR) is 90.5 cm³/mol. The number of hydrogen-bond donors (Lipinski definition) is 1. The number of benzene rings is 3. The molecule has 0 aliphatic rings. The molecule has 102 valence electrons. The minimum atomic E-state index is 0.808. The number of halogens is 1. The first-order valence-corrected chi connectivity index (χ1v) is 7.70. The maximum absolute atomic E-state index is 4.67. The van der Waals surface area contributed by atoms with Crippen LogP contribution in [0.1, 0.15) is 11.4 Å². The number of H-pyrrole nitrogens is 1. The van der Waals surface area contributed by atoms with Crippen molar-refractivity contribution in [3.05, 3.63) is 76.5 Å². The first-order chi connectivity index (χ1) is 10.3. The van der Waals surface area contributed by atoms with E-state index < -0.39 is 0 Å². The number of aromatic amines is 1. The Balaban J connectivity index is 1.82. The Morgan fingerprint density at radius 1 is 0.857 bits per heavy atom. The highest BCUT2D eigenvalue weighted by Crippen LogP contribution is 2.28. The van der Waals surface area contributed by atoms with Crippen LogP contribution in [0.25, 0.3) is 21.8 Å². The van der Waals surface area contributed by atoms with Crippen molar-refractivity contribution in [2.45, 2.75) is 6.42 Å². The summed E-state index contributed by atoms with van der Waals surface area (Å²) < 4.78 is 1.13. The summed E-state index contributed by atoms with van der Waals surface area (Å²) in [5.74, 6) is 1.00. The fourth-order valence-electron chi connectivity index (χ4n) is 2.75. The second-order valence-corrected chi connectivity index (χ2v) is 5.98. The van der Waals surface area contributed by atoms with Gasteiger partial charge in [0.15, 0.2) is 0 Å². The number of nitrogens with zero attached hydrogens (tertiary/aromatic N) is 1. The van der Waals surface area contributed by atoms with Crippen LogP contribution in [0.2, 0.25) is 0 Å².